The summed E-state index contributed by atoms with van der Waals surface area (Å²) in [5, 5.41) is 4.24. The smallest absolute Gasteiger partial charge is 0.309 e. The molecule has 1 amide bonds. The van der Waals surface area contributed by atoms with Gasteiger partial charge in [-0.3, -0.25) is 9.20 Å². The Bertz CT molecular complexity index is 911. The van der Waals surface area contributed by atoms with Crippen LogP contribution < -0.4 is 10.6 Å². The summed E-state index contributed by atoms with van der Waals surface area (Å²) in [7, 11) is 0. The zero-order valence-electron chi connectivity index (χ0n) is 13.2. The van der Waals surface area contributed by atoms with Crippen LogP contribution in [0, 0.1) is 0 Å². The van der Waals surface area contributed by atoms with Crippen molar-refractivity contribution in [3.05, 3.63) is 77.9 Å². The highest BCUT2D eigenvalue weighted by Gasteiger charge is 2.15. The molecule has 6 nitrogen and oxygen atoms in total. The van der Waals surface area contributed by atoms with Crippen LogP contribution >= 0.6 is 0 Å². The van der Waals surface area contributed by atoms with Crippen LogP contribution in [0.2, 0.25) is 0 Å². The lowest BCUT2D eigenvalue weighted by atomic mass is 10.2. The van der Waals surface area contributed by atoms with Gasteiger partial charge in [0.15, 0.2) is 5.65 Å². The number of aromatic nitrogens is 3. The van der Waals surface area contributed by atoms with E-state index in [9.17, 15) is 9.59 Å². The molecule has 0 radical (unpaired) electrons. The van der Waals surface area contributed by atoms with E-state index in [1.54, 1.807) is 29.3 Å². The molecule has 0 saturated carbocycles. The second kappa shape index (κ2) is 6.95. The Morgan fingerprint density at radius 2 is 1.92 bits per heavy atom. The lowest BCUT2D eigenvalue weighted by molar-refractivity contribution is -0.118. The van der Waals surface area contributed by atoms with Gasteiger partial charge in [0.2, 0.25) is 5.91 Å². The number of carbonyl (C=O) groups excluding carboxylic acids is 1. The molecule has 0 aliphatic carbocycles. The van der Waals surface area contributed by atoms with Crippen LogP contribution in [0.5, 0.6) is 0 Å². The molecule has 0 saturated heterocycles. The second-order valence-corrected chi connectivity index (χ2v) is 5.31. The lowest BCUT2D eigenvalue weighted by Gasteiger charge is -2.21. The van der Waals surface area contributed by atoms with Gasteiger partial charge in [-0.05, 0) is 24.3 Å². The van der Waals surface area contributed by atoms with Crippen molar-refractivity contribution in [1.29, 1.82) is 0 Å². The van der Waals surface area contributed by atoms with E-state index >= 15 is 0 Å². The van der Waals surface area contributed by atoms with Crippen molar-refractivity contribution < 1.29 is 4.79 Å². The van der Waals surface area contributed by atoms with E-state index in [1.807, 2.05) is 36.4 Å². The molecule has 2 aromatic heterocycles. The fourth-order valence-electron chi connectivity index (χ4n) is 2.54. The molecule has 3 aromatic rings. The molecule has 2 heterocycles. The zero-order chi connectivity index (χ0) is 16.9. The van der Waals surface area contributed by atoms with Gasteiger partial charge in [0.1, 0.15) is 0 Å². The normalized spacial score (nSPS) is 10.7. The first kappa shape index (κ1) is 15.7. The number of hydrogen-bond acceptors (Lipinski definition) is 3. The van der Waals surface area contributed by atoms with Crippen molar-refractivity contribution >= 4 is 17.2 Å². The van der Waals surface area contributed by atoms with E-state index < -0.39 is 0 Å². The number of amides is 1. The third kappa shape index (κ3) is 3.12. The molecular formula is C18H18N4O2. The molecule has 0 fully saturated rings. The average molecular weight is 322 g/mol. The third-order valence-electron chi connectivity index (χ3n) is 3.71. The molecule has 0 aliphatic rings. The minimum Gasteiger partial charge on any atom is -0.309 e. The highest BCUT2D eigenvalue weighted by atomic mass is 16.2. The largest absolute Gasteiger partial charge is 0.350 e. The Kier molecular flexibility index (Phi) is 4.56. The first-order chi connectivity index (χ1) is 11.7. The highest BCUT2D eigenvalue weighted by molar-refractivity contribution is 5.93. The van der Waals surface area contributed by atoms with Crippen LogP contribution in [0.15, 0.2) is 72.2 Å². The number of rotatable bonds is 6. The maximum absolute atomic E-state index is 12.6. The summed E-state index contributed by atoms with van der Waals surface area (Å²) in [5.74, 6) is -0.0787. The van der Waals surface area contributed by atoms with E-state index in [4.69, 9.17) is 0 Å². The molecule has 0 unspecified atom stereocenters. The van der Waals surface area contributed by atoms with Gasteiger partial charge in [-0.25, -0.2) is 9.48 Å². The van der Waals surface area contributed by atoms with Gasteiger partial charge in [-0.15, -0.1) is 11.7 Å². The Labute approximate surface area is 139 Å². The summed E-state index contributed by atoms with van der Waals surface area (Å²) in [6.07, 6.45) is 3.53. The number of anilines is 1. The average Bonchev–Trinajstić information content (AvgIpc) is 2.95. The van der Waals surface area contributed by atoms with Crippen molar-refractivity contribution in [3.8, 4) is 0 Å². The fraction of sp³-hybridized carbons (Fsp3) is 0.167. The van der Waals surface area contributed by atoms with Crippen LogP contribution in [0.3, 0.4) is 0 Å². The van der Waals surface area contributed by atoms with Gasteiger partial charge in [-0.2, -0.15) is 0 Å². The number of benzene rings is 1. The maximum atomic E-state index is 12.6. The number of fused-ring (bicyclic) bond motifs is 1. The van der Waals surface area contributed by atoms with Gasteiger partial charge in [0.05, 0.1) is 6.54 Å². The standard InChI is InChI=1S/C18H18N4O2/c1-2-12-20(15-8-4-3-5-9-15)17(23)11-14-22-18(24)21-13-7-6-10-16(21)19-22/h2-10,13H,1,11-12,14H2. The Morgan fingerprint density at radius 3 is 2.62 bits per heavy atom. The summed E-state index contributed by atoms with van der Waals surface area (Å²) in [5.41, 5.74) is 1.14. The molecule has 6 heteroatoms. The van der Waals surface area contributed by atoms with Gasteiger partial charge in [0, 0.05) is 24.8 Å². The van der Waals surface area contributed by atoms with Crippen LogP contribution in [-0.4, -0.2) is 26.6 Å². The molecule has 0 atom stereocenters. The second-order valence-electron chi connectivity index (χ2n) is 5.31. The van der Waals surface area contributed by atoms with Crippen molar-refractivity contribution in [2.24, 2.45) is 0 Å². The predicted molar refractivity (Wildman–Crippen MR) is 93.1 cm³/mol. The first-order valence-electron chi connectivity index (χ1n) is 7.71. The fourth-order valence-corrected chi connectivity index (χ4v) is 2.54. The van der Waals surface area contributed by atoms with Crippen molar-refractivity contribution in [2.45, 2.75) is 13.0 Å². The third-order valence-corrected chi connectivity index (χ3v) is 3.71. The molecule has 0 bridgehead atoms. The van der Waals surface area contributed by atoms with Crippen LogP contribution in [0.25, 0.3) is 5.65 Å². The molecule has 1 aromatic carbocycles. The summed E-state index contributed by atoms with van der Waals surface area (Å²) < 4.78 is 2.79. The van der Waals surface area contributed by atoms with Gasteiger partial charge < -0.3 is 4.90 Å². The minimum atomic E-state index is -0.242. The quantitative estimate of drug-likeness (QED) is 0.653. The Balaban J connectivity index is 1.76. The molecule has 24 heavy (non-hydrogen) atoms. The highest BCUT2D eigenvalue weighted by Crippen LogP contribution is 2.14. The summed E-state index contributed by atoms with van der Waals surface area (Å²) >= 11 is 0. The van der Waals surface area contributed by atoms with Crippen LogP contribution in [0.1, 0.15) is 6.42 Å². The van der Waals surface area contributed by atoms with E-state index in [1.165, 1.54) is 9.08 Å². The predicted octanol–water partition coefficient (Wildman–Crippen LogP) is 2.11. The number of aryl methyl sites for hydroxylation is 1. The monoisotopic (exact) mass is 322 g/mol. The van der Waals surface area contributed by atoms with Crippen molar-refractivity contribution in [3.63, 3.8) is 0 Å². The molecule has 122 valence electrons. The lowest BCUT2D eigenvalue weighted by Crippen LogP contribution is -2.33. The topological polar surface area (TPSA) is 59.6 Å². The van der Waals surface area contributed by atoms with Crippen LogP contribution in [0.4, 0.5) is 5.69 Å². The molecule has 0 aliphatic heterocycles. The van der Waals surface area contributed by atoms with Crippen molar-refractivity contribution in [1.82, 2.24) is 14.2 Å². The summed E-state index contributed by atoms with van der Waals surface area (Å²) in [6.45, 7) is 4.36. The van der Waals surface area contributed by atoms with Crippen molar-refractivity contribution in [2.75, 3.05) is 11.4 Å². The van der Waals surface area contributed by atoms with E-state index in [2.05, 4.69) is 11.7 Å². The number of nitrogens with zero attached hydrogens (tertiary/aromatic N) is 4. The van der Waals surface area contributed by atoms with Gasteiger partial charge >= 0.3 is 5.69 Å². The molecule has 0 N–H and O–H groups in total. The SMILES string of the molecule is C=CCN(C(=O)CCn1nc2ccccn2c1=O)c1ccccc1. The first-order valence-corrected chi connectivity index (χ1v) is 7.71. The summed E-state index contributed by atoms with van der Waals surface area (Å²) in [6, 6.07) is 14.8. The summed E-state index contributed by atoms with van der Waals surface area (Å²) in [4.78, 5) is 26.4. The molecule has 0 spiro atoms. The van der Waals surface area contributed by atoms with Crippen LogP contribution in [-0.2, 0) is 11.3 Å². The van der Waals surface area contributed by atoms with E-state index in [0.29, 0.717) is 12.2 Å². The van der Waals surface area contributed by atoms with Gasteiger partial charge in [-0.1, -0.05) is 30.3 Å². The van der Waals surface area contributed by atoms with Gasteiger partial charge in [0.25, 0.3) is 0 Å². The molecular weight excluding hydrogens is 304 g/mol. The van der Waals surface area contributed by atoms with E-state index in [0.717, 1.165) is 5.69 Å². The Morgan fingerprint density at radius 1 is 1.17 bits per heavy atom. The minimum absolute atomic E-state index is 0.0787. The number of carbonyl (C=O) groups is 1. The van der Waals surface area contributed by atoms with E-state index in [-0.39, 0.29) is 24.6 Å². The maximum Gasteiger partial charge on any atom is 0.350 e. The zero-order valence-corrected chi connectivity index (χ0v) is 13.2. The number of hydrogen-bond donors (Lipinski definition) is 0. The number of para-hydroxylation sites is 1. The number of pyridine rings is 1. The Hall–Kier alpha value is -3.15. The molecule has 3 rings (SSSR count).